The number of aromatic nitrogens is 2. The van der Waals surface area contributed by atoms with Crippen LogP contribution in [0.25, 0.3) is 11.4 Å². The van der Waals surface area contributed by atoms with Crippen LogP contribution in [0, 0.1) is 4.64 Å². The first-order valence-corrected chi connectivity index (χ1v) is 9.15. The highest BCUT2D eigenvalue weighted by atomic mass is 35.5. The molecule has 1 aliphatic rings. The summed E-state index contributed by atoms with van der Waals surface area (Å²) in [4.78, 5) is 7.83. The Labute approximate surface area is 161 Å². The van der Waals surface area contributed by atoms with Crippen molar-refractivity contribution in [2.75, 3.05) is 0 Å². The average Bonchev–Trinajstić information content (AvgIpc) is 2.60. The van der Waals surface area contributed by atoms with Gasteiger partial charge in [0.05, 0.1) is 11.7 Å². The van der Waals surface area contributed by atoms with Gasteiger partial charge in [-0.3, -0.25) is 0 Å². The molecular formula is C20H17ClN2O2S. The zero-order chi connectivity index (χ0) is 18.3. The van der Waals surface area contributed by atoms with E-state index in [9.17, 15) is 0 Å². The molecule has 1 aromatic heterocycles. The fourth-order valence-corrected chi connectivity index (χ4v) is 3.38. The van der Waals surface area contributed by atoms with E-state index in [0.717, 1.165) is 28.2 Å². The maximum absolute atomic E-state index is 6.08. The SMILES string of the molecule is CC(C)Oc1cccc(-c2nc(=S)c3c([nH]2)Oc2ccc(Cl)cc2C3)c1. The van der Waals surface area contributed by atoms with Crippen LogP contribution in [-0.2, 0) is 6.42 Å². The van der Waals surface area contributed by atoms with E-state index in [2.05, 4.69) is 9.97 Å². The summed E-state index contributed by atoms with van der Waals surface area (Å²) in [5, 5.41) is 0.678. The quantitative estimate of drug-likeness (QED) is 0.444. The normalized spacial score (nSPS) is 12.3. The third-order valence-corrected chi connectivity index (χ3v) is 4.63. The van der Waals surface area contributed by atoms with Gasteiger partial charge in [0.15, 0.2) is 0 Å². The Kier molecular flexibility index (Phi) is 4.42. The molecule has 0 atom stereocenters. The van der Waals surface area contributed by atoms with E-state index < -0.39 is 0 Å². The van der Waals surface area contributed by atoms with Crippen LogP contribution in [0.2, 0.25) is 5.02 Å². The Balaban J connectivity index is 1.74. The molecule has 1 aliphatic heterocycles. The van der Waals surface area contributed by atoms with Gasteiger partial charge in [-0.2, -0.15) is 0 Å². The molecule has 3 aromatic rings. The van der Waals surface area contributed by atoms with Crippen molar-refractivity contribution in [2.45, 2.75) is 26.4 Å². The number of hydrogen-bond donors (Lipinski definition) is 1. The number of hydrogen-bond acceptors (Lipinski definition) is 4. The molecule has 0 bridgehead atoms. The molecule has 0 radical (unpaired) electrons. The monoisotopic (exact) mass is 384 g/mol. The topological polar surface area (TPSA) is 47.1 Å². The molecule has 4 nitrogen and oxygen atoms in total. The summed E-state index contributed by atoms with van der Waals surface area (Å²) < 4.78 is 12.3. The summed E-state index contributed by atoms with van der Waals surface area (Å²) in [5.41, 5.74) is 2.77. The van der Waals surface area contributed by atoms with Crippen LogP contribution >= 0.6 is 23.8 Å². The maximum Gasteiger partial charge on any atom is 0.205 e. The summed E-state index contributed by atoms with van der Waals surface area (Å²) in [7, 11) is 0. The number of H-pyrrole nitrogens is 1. The van der Waals surface area contributed by atoms with Crippen LogP contribution in [0.15, 0.2) is 42.5 Å². The van der Waals surface area contributed by atoms with E-state index in [1.54, 1.807) is 0 Å². The first-order valence-electron chi connectivity index (χ1n) is 8.36. The lowest BCUT2D eigenvalue weighted by atomic mass is 10.0. The van der Waals surface area contributed by atoms with Crippen molar-refractivity contribution in [1.29, 1.82) is 0 Å². The van der Waals surface area contributed by atoms with Gasteiger partial charge >= 0.3 is 0 Å². The zero-order valence-electron chi connectivity index (χ0n) is 14.4. The van der Waals surface area contributed by atoms with Crippen molar-refractivity contribution in [3.05, 3.63) is 63.3 Å². The molecular weight excluding hydrogens is 368 g/mol. The van der Waals surface area contributed by atoms with Crippen LogP contribution in [0.4, 0.5) is 0 Å². The summed E-state index contributed by atoms with van der Waals surface area (Å²) in [5.74, 6) is 2.85. The zero-order valence-corrected chi connectivity index (χ0v) is 15.9. The lowest BCUT2D eigenvalue weighted by Gasteiger charge is -2.20. The van der Waals surface area contributed by atoms with Gasteiger partial charge in [0.25, 0.3) is 0 Å². The van der Waals surface area contributed by atoms with Crippen LogP contribution in [-0.4, -0.2) is 16.1 Å². The van der Waals surface area contributed by atoms with Crippen LogP contribution in [0.1, 0.15) is 25.0 Å². The molecule has 26 heavy (non-hydrogen) atoms. The Hall–Kier alpha value is -2.37. The van der Waals surface area contributed by atoms with Crippen LogP contribution in [0.5, 0.6) is 17.4 Å². The fraction of sp³-hybridized carbons (Fsp3) is 0.200. The molecule has 0 spiro atoms. The van der Waals surface area contributed by atoms with Gasteiger partial charge in [0.2, 0.25) is 5.88 Å². The number of rotatable bonds is 3. The molecule has 0 saturated carbocycles. The molecule has 0 unspecified atom stereocenters. The minimum atomic E-state index is 0.104. The van der Waals surface area contributed by atoms with Crippen molar-refractivity contribution >= 4 is 23.8 Å². The van der Waals surface area contributed by atoms with Crippen molar-refractivity contribution in [3.63, 3.8) is 0 Å². The molecule has 0 fully saturated rings. The maximum atomic E-state index is 6.08. The Morgan fingerprint density at radius 1 is 1.23 bits per heavy atom. The third-order valence-electron chi connectivity index (χ3n) is 4.06. The Bertz CT molecular complexity index is 1050. The Morgan fingerprint density at radius 2 is 2.08 bits per heavy atom. The van der Waals surface area contributed by atoms with E-state index in [1.807, 2.05) is 56.3 Å². The number of halogens is 1. The van der Waals surface area contributed by atoms with Crippen molar-refractivity contribution in [1.82, 2.24) is 9.97 Å². The molecule has 0 amide bonds. The molecule has 2 aromatic carbocycles. The van der Waals surface area contributed by atoms with E-state index in [4.69, 9.17) is 33.3 Å². The number of aromatic amines is 1. The Morgan fingerprint density at radius 3 is 2.88 bits per heavy atom. The number of nitrogens with zero attached hydrogens (tertiary/aromatic N) is 1. The standard InChI is InChI=1S/C20H17ClN2O2S/c1-11(2)24-15-5-3-4-12(9-15)18-22-19-16(20(26)23-18)10-13-8-14(21)6-7-17(13)25-19/h3-9,11H,10H2,1-2H3,(H,22,23,26). The largest absolute Gasteiger partial charge is 0.491 e. The van der Waals surface area contributed by atoms with Crippen LogP contribution in [0.3, 0.4) is 0 Å². The van der Waals surface area contributed by atoms with Gasteiger partial charge in [0, 0.05) is 22.6 Å². The van der Waals surface area contributed by atoms with Gasteiger partial charge in [-0.05, 0) is 44.2 Å². The molecule has 2 heterocycles. The summed E-state index contributed by atoms with van der Waals surface area (Å²) in [6, 6.07) is 13.3. The van der Waals surface area contributed by atoms with E-state index >= 15 is 0 Å². The minimum Gasteiger partial charge on any atom is -0.491 e. The second kappa shape index (κ2) is 6.74. The minimum absolute atomic E-state index is 0.104. The van der Waals surface area contributed by atoms with E-state index in [1.165, 1.54) is 0 Å². The summed E-state index contributed by atoms with van der Waals surface area (Å²) >= 11 is 11.6. The predicted octanol–water partition coefficient (Wildman–Crippen LogP) is 5.94. The smallest absolute Gasteiger partial charge is 0.205 e. The number of nitrogens with one attached hydrogen (secondary N) is 1. The predicted molar refractivity (Wildman–Crippen MR) is 105 cm³/mol. The van der Waals surface area contributed by atoms with Gasteiger partial charge in [-0.1, -0.05) is 36.0 Å². The summed E-state index contributed by atoms with van der Waals surface area (Å²) in [6.45, 7) is 3.99. The first kappa shape index (κ1) is 17.1. The fourth-order valence-electron chi connectivity index (χ4n) is 2.93. The second-order valence-electron chi connectivity index (χ2n) is 6.42. The van der Waals surface area contributed by atoms with Gasteiger partial charge in [0.1, 0.15) is 22.0 Å². The molecule has 1 N–H and O–H groups in total. The van der Waals surface area contributed by atoms with Crippen molar-refractivity contribution in [2.24, 2.45) is 0 Å². The number of benzene rings is 2. The highest BCUT2D eigenvalue weighted by Gasteiger charge is 2.21. The highest BCUT2D eigenvalue weighted by molar-refractivity contribution is 7.71. The first-order chi connectivity index (χ1) is 12.5. The summed E-state index contributed by atoms with van der Waals surface area (Å²) in [6.07, 6.45) is 0.747. The van der Waals surface area contributed by atoms with E-state index in [0.29, 0.717) is 27.8 Å². The lowest BCUT2D eigenvalue weighted by molar-refractivity contribution is 0.242. The van der Waals surface area contributed by atoms with Crippen molar-refractivity contribution < 1.29 is 9.47 Å². The molecule has 4 rings (SSSR count). The van der Waals surface area contributed by atoms with Gasteiger partial charge in [-0.25, -0.2) is 4.98 Å². The number of ether oxygens (including phenoxy) is 2. The van der Waals surface area contributed by atoms with Crippen LogP contribution < -0.4 is 9.47 Å². The molecule has 132 valence electrons. The van der Waals surface area contributed by atoms with Gasteiger partial charge in [-0.15, -0.1) is 0 Å². The van der Waals surface area contributed by atoms with E-state index in [-0.39, 0.29) is 6.10 Å². The average molecular weight is 385 g/mol. The lowest BCUT2D eigenvalue weighted by Crippen LogP contribution is -2.08. The molecule has 0 aliphatic carbocycles. The third kappa shape index (κ3) is 3.32. The number of fused-ring (bicyclic) bond motifs is 2. The molecule has 0 saturated heterocycles. The molecule has 6 heteroatoms. The van der Waals surface area contributed by atoms with Gasteiger partial charge < -0.3 is 14.5 Å². The second-order valence-corrected chi connectivity index (χ2v) is 7.25. The highest BCUT2D eigenvalue weighted by Crippen LogP contribution is 2.37. The van der Waals surface area contributed by atoms with Crippen molar-refractivity contribution in [3.8, 4) is 28.8 Å².